The molecule has 0 fully saturated rings. The number of hydrogen-bond donors (Lipinski definition) is 1. The Bertz CT molecular complexity index is 907. The second-order valence-electron chi connectivity index (χ2n) is 5.75. The van der Waals surface area contributed by atoms with Gasteiger partial charge in [0, 0.05) is 17.2 Å². The zero-order valence-electron chi connectivity index (χ0n) is 14.7. The molecule has 0 saturated heterocycles. The Labute approximate surface area is 160 Å². The van der Waals surface area contributed by atoms with E-state index >= 15 is 0 Å². The summed E-state index contributed by atoms with van der Waals surface area (Å²) >= 11 is 5.77. The Hall–Kier alpha value is -3.19. The van der Waals surface area contributed by atoms with Crippen molar-refractivity contribution in [3.63, 3.8) is 0 Å². The largest absolute Gasteiger partial charge is 0.452 e. The third-order valence-electron chi connectivity index (χ3n) is 3.71. The minimum Gasteiger partial charge on any atom is -0.452 e. The van der Waals surface area contributed by atoms with Crippen molar-refractivity contribution in [2.75, 3.05) is 11.9 Å². The number of aryl methyl sites for hydroxylation is 2. The number of esters is 1. The minimum atomic E-state index is -0.713. The number of nitrogens with one attached hydrogen (secondary N) is 1. The quantitative estimate of drug-likeness (QED) is 0.348. The third-order valence-corrected chi connectivity index (χ3v) is 3.96. The molecule has 0 aromatic heterocycles. The molecule has 0 heterocycles. The number of anilines is 1. The topological polar surface area (TPSA) is 98.5 Å². The summed E-state index contributed by atoms with van der Waals surface area (Å²) in [7, 11) is 0. The van der Waals surface area contributed by atoms with Crippen LogP contribution in [-0.2, 0) is 14.3 Å². The first-order valence-electron chi connectivity index (χ1n) is 7.92. The van der Waals surface area contributed by atoms with Gasteiger partial charge in [0.1, 0.15) is 5.69 Å². The van der Waals surface area contributed by atoms with Crippen LogP contribution in [0, 0.1) is 24.0 Å². The lowest BCUT2D eigenvalue weighted by atomic mass is 10.1. The molecule has 0 radical (unpaired) electrons. The van der Waals surface area contributed by atoms with Crippen molar-refractivity contribution in [2.24, 2.45) is 0 Å². The van der Waals surface area contributed by atoms with E-state index in [0.717, 1.165) is 16.7 Å². The summed E-state index contributed by atoms with van der Waals surface area (Å²) in [5.74, 6) is -1.38. The number of benzene rings is 2. The van der Waals surface area contributed by atoms with Crippen LogP contribution in [0.5, 0.6) is 0 Å². The number of hydrogen-bond acceptors (Lipinski definition) is 5. The number of ether oxygens (including phenoxy) is 1. The van der Waals surface area contributed by atoms with Gasteiger partial charge in [0.05, 0.1) is 4.92 Å². The predicted octanol–water partition coefficient (Wildman–Crippen LogP) is 4.06. The Morgan fingerprint density at radius 1 is 1.19 bits per heavy atom. The maximum Gasteiger partial charge on any atom is 0.331 e. The van der Waals surface area contributed by atoms with Crippen molar-refractivity contribution >= 4 is 40.9 Å². The Morgan fingerprint density at radius 3 is 2.44 bits per heavy atom. The van der Waals surface area contributed by atoms with E-state index in [1.807, 2.05) is 0 Å². The molecule has 0 spiro atoms. The summed E-state index contributed by atoms with van der Waals surface area (Å²) in [6.45, 7) is 2.95. The van der Waals surface area contributed by atoms with Gasteiger partial charge in [-0.05, 0) is 54.8 Å². The second-order valence-corrected chi connectivity index (χ2v) is 6.19. The van der Waals surface area contributed by atoms with Crippen molar-refractivity contribution in [1.82, 2.24) is 0 Å². The summed E-state index contributed by atoms with van der Waals surface area (Å²) in [6.07, 6.45) is 2.69. The summed E-state index contributed by atoms with van der Waals surface area (Å²) in [5, 5.41) is 14.1. The van der Waals surface area contributed by atoms with Gasteiger partial charge in [-0.1, -0.05) is 23.7 Å². The highest BCUT2D eigenvalue weighted by molar-refractivity contribution is 6.30. The van der Waals surface area contributed by atoms with Gasteiger partial charge < -0.3 is 10.1 Å². The van der Waals surface area contributed by atoms with E-state index in [1.165, 1.54) is 24.3 Å². The molecule has 0 aliphatic heterocycles. The zero-order chi connectivity index (χ0) is 20.0. The average molecular weight is 389 g/mol. The van der Waals surface area contributed by atoms with Crippen molar-refractivity contribution in [3.05, 3.63) is 74.3 Å². The molecule has 0 atom stereocenters. The predicted molar refractivity (Wildman–Crippen MR) is 103 cm³/mol. The number of nitrogens with zero attached hydrogens (tertiary/aromatic N) is 1. The van der Waals surface area contributed by atoms with Gasteiger partial charge in [0.15, 0.2) is 6.61 Å². The molecule has 1 amide bonds. The minimum absolute atomic E-state index is 0.0563. The second kappa shape index (κ2) is 8.95. The number of nitro groups is 1. The molecule has 27 heavy (non-hydrogen) atoms. The third kappa shape index (κ3) is 5.93. The van der Waals surface area contributed by atoms with E-state index in [-0.39, 0.29) is 11.4 Å². The molecule has 1 N–H and O–H groups in total. The van der Waals surface area contributed by atoms with Crippen LogP contribution in [0.25, 0.3) is 6.08 Å². The van der Waals surface area contributed by atoms with Gasteiger partial charge in [-0.2, -0.15) is 0 Å². The van der Waals surface area contributed by atoms with Gasteiger partial charge >= 0.3 is 5.97 Å². The molecule has 7 nitrogen and oxygen atoms in total. The van der Waals surface area contributed by atoms with Crippen molar-refractivity contribution in [1.29, 1.82) is 0 Å². The number of halogens is 1. The van der Waals surface area contributed by atoms with E-state index in [1.54, 1.807) is 38.1 Å². The average Bonchev–Trinajstić information content (AvgIpc) is 2.62. The summed E-state index contributed by atoms with van der Waals surface area (Å²) in [4.78, 5) is 34.2. The number of nitro benzene ring substituents is 1. The lowest BCUT2D eigenvalue weighted by molar-refractivity contribution is -0.384. The lowest BCUT2D eigenvalue weighted by Gasteiger charge is -2.09. The first-order valence-corrected chi connectivity index (χ1v) is 8.30. The van der Waals surface area contributed by atoms with Gasteiger partial charge in [0.2, 0.25) is 0 Å². The number of carbonyl (C=O) groups excluding carboxylic acids is 2. The van der Waals surface area contributed by atoms with Crippen LogP contribution in [0.2, 0.25) is 5.02 Å². The molecule has 0 saturated carbocycles. The fourth-order valence-corrected chi connectivity index (χ4v) is 2.29. The Balaban J connectivity index is 1.94. The fraction of sp³-hybridized carbons (Fsp3) is 0.158. The van der Waals surface area contributed by atoms with Crippen LogP contribution in [0.15, 0.2) is 42.5 Å². The molecule has 140 valence electrons. The highest BCUT2D eigenvalue weighted by Gasteiger charge is 2.18. The Kier molecular flexibility index (Phi) is 6.67. The zero-order valence-corrected chi connectivity index (χ0v) is 15.4. The maximum absolute atomic E-state index is 11.9. The standard InChI is InChI=1S/C19H17ClN2O5/c1-12-9-16(17(22(25)26)10-13(12)2)21-18(23)11-27-19(24)8-5-14-3-6-15(20)7-4-14/h3-10H,11H2,1-2H3,(H,21,23). The molecular weight excluding hydrogens is 372 g/mol. The van der Waals surface area contributed by atoms with Crippen molar-refractivity contribution in [3.8, 4) is 0 Å². The summed E-state index contributed by atoms with van der Waals surface area (Å²) in [6, 6.07) is 9.68. The summed E-state index contributed by atoms with van der Waals surface area (Å²) < 4.78 is 4.84. The SMILES string of the molecule is Cc1cc(NC(=O)COC(=O)C=Cc2ccc(Cl)cc2)c([N+](=O)[O-])cc1C. The van der Waals surface area contributed by atoms with Crippen LogP contribution >= 0.6 is 11.6 Å². The first kappa shape index (κ1) is 20.1. The van der Waals surface area contributed by atoms with E-state index in [9.17, 15) is 19.7 Å². The van der Waals surface area contributed by atoms with Crippen LogP contribution in [0.3, 0.4) is 0 Å². The van der Waals surface area contributed by atoms with Gasteiger partial charge in [0.25, 0.3) is 11.6 Å². The van der Waals surface area contributed by atoms with Crippen LogP contribution in [-0.4, -0.2) is 23.4 Å². The first-order chi connectivity index (χ1) is 12.8. The molecule has 0 bridgehead atoms. The molecule has 2 aromatic rings. The highest BCUT2D eigenvalue weighted by atomic mass is 35.5. The molecule has 2 rings (SSSR count). The van der Waals surface area contributed by atoms with Gasteiger partial charge in [-0.25, -0.2) is 4.79 Å². The normalized spacial score (nSPS) is 10.6. The molecule has 0 unspecified atom stereocenters. The van der Waals surface area contributed by atoms with E-state index < -0.39 is 23.4 Å². The van der Waals surface area contributed by atoms with E-state index in [2.05, 4.69) is 5.32 Å². The van der Waals surface area contributed by atoms with E-state index in [0.29, 0.717) is 5.02 Å². The maximum atomic E-state index is 11.9. The molecule has 0 aliphatic carbocycles. The number of amides is 1. The van der Waals surface area contributed by atoms with Crippen LogP contribution in [0.4, 0.5) is 11.4 Å². The van der Waals surface area contributed by atoms with Crippen LogP contribution in [0.1, 0.15) is 16.7 Å². The highest BCUT2D eigenvalue weighted by Crippen LogP contribution is 2.27. The smallest absolute Gasteiger partial charge is 0.331 e. The van der Waals surface area contributed by atoms with E-state index in [4.69, 9.17) is 16.3 Å². The Morgan fingerprint density at radius 2 is 1.81 bits per heavy atom. The number of carbonyl (C=O) groups is 2. The lowest BCUT2D eigenvalue weighted by Crippen LogP contribution is -2.20. The van der Waals surface area contributed by atoms with Gasteiger partial charge in [-0.3, -0.25) is 14.9 Å². The fourth-order valence-electron chi connectivity index (χ4n) is 2.16. The monoisotopic (exact) mass is 388 g/mol. The summed E-state index contributed by atoms with van der Waals surface area (Å²) in [5.41, 5.74) is 2.10. The van der Waals surface area contributed by atoms with Gasteiger partial charge in [-0.15, -0.1) is 0 Å². The molecule has 0 aliphatic rings. The molecule has 8 heteroatoms. The number of rotatable bonds is 6. The van der Waals surface area contributed by atoms with Crippen molar-refractivity contribution in [2.45, 2.75) is 13.8 Å². The molecule has 2 aromatic carbocycles. The molecular formula is C19H17ClN2O5. The van der Waals surface area contributed by atoms with Crippen LogP contribution < -0.4 is 5.32 Å². The van der Waals surface area contributed by atoms with Crippen molar-refractivity contribution < 1.29 is 19.2 Å².